The van der Waals surface area contributed by atoms with Crippen molar-refractivity contribution in [1.29, 1.82) is 0 Å². The van der Waals surface area contributed by atoms with Gasteiger partial charge in [0.05, 0.1) is 12.0 Å². The first kappa shape index (κ1) is 15.4. The van der Waals surface area contributed by atoms with Crippen LogP contribution in [0, 0.1) is 17.0 Å². The van der Waals surface area contributed by atoms with Gasteiger partial charge in [0.2, 0.25) is 0 Å². The standard InChI is InChI=1S/C14H17N3O3S/c1-9-13(17(18)19)14(16(3)15-9)21-10(2)11-7-5-6-8-12(11)20-4/h5-8,10H,1-4H3/t10-/m0/s1. The maximum atomic E-state index is 11.2. The highest BCUT2D eigenvalue weighted by molar-refractivity contribution is 7.99. The van der Waals surface area contributed by atoms with Crippen molar-refractivity contribution in [3.8, 4) is 5.75 Å². The second-order valence-electron chi connectivity index (χ2n) is 4.62. The third-order valence-electron chi connectivity index (χ3n) is 3.19. The van der Waals surface area contributed by atoms with Crippen LogP contribution in [0.4, 0.5) is 5.69 Å². The average Bonchev–Trinajstić information content (AvgIpc) is 2.73. The quantitative estimate of drug-likeness (QED) is 0.480. The number of nitrogens with zero attached hydrogens (tertiary/aromatic N) is 3. The lowest BCUT2D eigenvalue weighted by Crippen LogP contribution is -1.99. The number of hydrogen-bond donors (Lipinski definition) is 0. The zero-order chi connectivity index (χ0) is 15.6. The van der Waals surface area contributed by atoms with Crippen LogP contribution in [-0.2, 0) is 7.05 Å². The Morgan fingerprint density at radius 3 is 2.71 bits per heavy atom. The van der Waals surface area contributed by atoms with Crippen LogP contribution in [0.25, 0.3) is 0 Å². The Bertz CT molecular complexity index is 669. The van der Waals surface area contributed by atoms with Gasteiger partial charge in [-0.15, -0.1) is 0 Å². The van der Waals surface area contributed by atoms with Crippen molar-refractivity contribution in [2.75, 3.05) is 7.11 Å². The molecule has 7 heteroatoms. The van der Waals surface area contributed by atoms with Crippen molar-refractivity contribution in [3.05, 3.63) is 45.6 Å². The van der Waals surface area contributed by atoms with E-state index in [0.717, 1.165) is 11.3 Å². The first-order chi connectivity index (χ1) is 9.95. The number of rotatable bonds is 5. The molecule has 0 aliphatic rings. The highest BCUT2D eigenvalue weighted by Gasteiger charge is 2.26. The number of benzene rings is 1. The van der Waals surface area contributed by atoms with Gasteiger partial charge in [-0.2, -0.15) is 5.10 Å². The highest BCUT2D eigenvalue weighted by atomic mass is 32.2. The summed E-state index contributed by atoms with van der Waals surface area (Å²) in [6.07, 6.45) is 0. The summed E-state index contributed by atoms with van der Waals surface area (Å²) in [6, 6.07) is 7.68. The fourth-order valence-electron chi connectivity index (χ4n) is 2.20. The van der Waals surface area contributed by atoms with Crippen LogP contribution in [0.1, 0.15) is 23.4 Å². The second kappa shape index (κ2) is 6.17. The van der Waals surface area contributed by atoms with Crippen molar-refractivity contribution in [1.82, 2.24) is 9.78 Å². The lowest BCUT2D eigenvalue weighted by atomic mass is 10.1. The molecule has 0 unspecified atom stereocenters. The number of aryl methyl sites for hydroxylation is 2. The molecule has 21 heavy (non-hydrogen) atoms. The third-order valence-corrected chi connectivity index (χ3v) is 4.48. The zero-order valence-electron chi connectivity index (χ0n) is 12.4. The van der Waals surface area contributed by atoms with Crippen LogP contribution >= 0.6 is 11.8 Å². The van der Waals surface area contributed by atoms with Gasteiger partial charge in [-0.3, -0.25) is 14.8 Å². The molecule has 2 rings (SSSR count). The Labute approximate surface area is 127 Å². The summed E-state index contributed by atoms with van der Waals surface area (Å²) >= 11 is 1.41. The van der Waals surface area contributed by atoms with E-state index in [2.05, 4.69) is 5.10 Å². The lowest BCUT2D eigenvalue weighted by Gasteiger charge is -2.14. The van der Waals surface area contributed by atoms with Crippen molar-refractivity contribution in [3.63, 3.8) is 0 Å². The van der Waals surface area contributed by atoms with Gasteiger partial charge in [-0.05, 0) is 19.9 Å². The molecule has 0 saturated heterocycles. The maximum absolute atomic E-state index is 11.2. The largest absolute Gasteiger partial charge is 0.496 e. The normalized spacial score (nSPS) is 12.2. The Kier molecular flexibility index (Phi) is 4.52. The molecule has 1 aromatic carbocycles. The summed E-state index contributed by atoms with van der Waals surface area (Å²) in [5, 5.41) is 15.9. The first-order valence-electron chi connectivity index (χ1n) is 6.43. The molecule has 6 nitrogen and oxygen atoms in total. The average molecular weight is 307 g/mol. The number of methoxy groups -OCH3 is 1. The van der Waals surface area contributed by atoms with E-state index >= 15 is 0 Å². The molecule has 1 atom stereocenters. The van der Waals surface area contributed by atoms with E-state index in [1.807, 2.05) is 31.2 Å². The van der Waals surface area contributed by atoms with Crippen LogP contribution in [0.3, 0.4) is 0 Å². The number of nitro groups is 1. The van der Waals surface area contributed by atoms with Crippen molar-refractivity contribution < 1.29 is 9.66 Å². The Morgan fingerprint density at radius 1 is 1.43 bits per heavy atom. The molecule has 0 radical (unpaired) electrons. The molecule has 0 spiro atoms. The minimum absolute atomic E-state index is 0.00894. The van der Waals surface area contributed by atoms with Crippen molar-refractivity contribution >= 4 is 17.4 Å². The number of hydrogen-bond acceptors (Lipinski definition) is 5. The fourth-order valence-corrected chi connectivity index (χ4v) is 3.39. The van der Waals surface area contributed by atoms with Crippen molar-refractivity contribution in [2.45, 2.75) is 24.1 Å². The maximum Gasteiger partial charge on any atom is 0.323 e. The highest BCUT2D eigenvalue weighted by Crippen LogP contribution is 2.42. The summed E-state index contributed by atoms with van der Waals surface area (Å²) in [5.74, 6) is 0.777. The van der Waals surface area contributed by atoms with Crippen LogP contribution in [0.15, 0.2) is 29.3 Å². The summed E-state index contributed by atoms with van der Waals surface area (Å²) in [4.78, 5) is 10.8. The Balaban J connectivity index is 2.36. The SMILES string of the molecule is COc1ccccc1[C@H](C)Sc1c([N+](=O)[O-])c(C)nn1C. The van der Waals surface area contributed by atoms with Gasteiger partial charge in [0, 0.05) is 17.9 Å². The minimum Gasteiger partial charge on any atom is -0.496 e. The zero-order valence-corrected chi connectivity index (χ0v) is 13.2. The van der Waals surface area contributed by atoms with E-state index in [1.165, 1.54) is 11.8 Å². The van der Waals surface area contributed by atoms with Crippen LogP contribution < -0.4 is 4.74 Å². The van der Waals surface area contributed by atoms with Gasteiger partial charge < -0.3 is 4.74 Å². The van der Waals surface area contributed by atoms with Gasteiger partial charge >= 0.3 is 5.69 Å². The summed E-state index contributed by atoms with van der Waals surface area (Å²) < 4.78 is 6.91. The fraction of sp³-hybridized carbons (Fsp3) is 0.357. The van der Waals surface area contributed by atoms with Crippen LogP contribution in [0.2, 0.25) is 0 Å². The van der Waals surface area contributed by atoms with Crippen LogP contribution in [0.5, 0.6) is 5.75 Å². The Morgan fingerprint density at radius 2 is 2.10 bits per heavy atom. The molecule has 0 aliphatic carbocycles. The van der Waals surface area contributed by atoms with E-state index in [-0.39, 0.29) is 15.9 Å². The molecule has 0 N–H and O–H groups in total. The molecular formula is C14H17N3O3S. The first-order valence-corrected chi connectivity index (χ1v) is 7.31. The molecule has 1 aromatic heterocycles. The summed E-state index contributed by atoms with van der Waals surface area (Å²) in [5.41, 5.74) is 1.50. The van der Waals surface area contributed by atoms with Crippen molar-refractivity contribution in [2.24, 2.45) is 7.05 Å². The molecule has 0 saturated carbocycles. The van der Waals surface area contributed by atoms with Crippen LogP contribution in [-0.4, -0.2) is 21.8 Å². The number of aromatic nitrogens is 2. The van der Waals surface area contributed by atoms with Gasteiger partial charge in [0.1, 0.15) is 11.4 Å². The van der Waals surface area contributed by atoms with Gasteiger partial charge in [-0.25, -0.2) is 0 Å². The van der Waals surface area contributed by atoms with E-state index in [1.54, 1.807) is 25.8 Å². The minimum atomic E-state index is -0.375. The number of para-hydroxylation sites is 1. The smallest absolute Gasteiger partial charge is 0.323 e. The van der Waals surface area contributed by atoms with Gasteiger partial charge in [0.25, 0.3) is 0 Å². The monoisotopic (exact) mass is 307 g/mol. The molecule has 0 fully saturated rings. The molecular weight excluding hydrogens is 290 g/mol. The van der Waals surface area contributed by atoms with E-state index < -0.39 is 0 Å². The van der Waals surface area contributed by atoms with E-state index in [9.17, 15) is 10.1 Å². The summed E-state index contributed by atoms with van der Waals surface area (Å²) in [6.45, 7) is 3.64. The second-order valence-corrected chi connectivity index (χ2v) is 5.95. The molecule has 112 valence electrons. The molecule has 1 heterocycles. The summed E-state index contributed by atoms with van der Waals surface area (Å²) in [7, 11) is 3.34. The number of ether oxygens (including phenoxy) is 1. The third kappa shape index (κ3) is 3.02. The van der Waals surface area contributed by atoms with Gasteiger partial charge in [-0.1, -0.05) is 30.0 Å². The number of thioether (sulfide) groups is 1. The molecule has 2 aromatic rings. The Hall–Kier alpha value is -2.02. The predicted molar refractivity (Wildman–Crippen MR) is 81.9 cm³/mol. The predicted octanol–water partition coefficient (Wildman–Crippen LogP) is 3.50. The topological polar surface area (TPSA) is 70.2 Å². The van der Waals surface area contributed by atoms with E-state index in [0.29, 0.717) is 10.7 Å². The lowest BCUT2D eigenvalue weighted by molar-refractivity contribution is -0.388. The molecule has 0 amide bonds. The van der Waals surface area contributed by atoms with Gasteiger partial charge in [0.15, 0.2) is 5.03 Å². The van der Waals surface area contributed by atoms with E-state index in [4.69, 9.17) is 4.74 Å². The molecule has 0 bridgehead atoms. The molecule has 0 aliphatic heterocycles.